The maximum Gasteiger partial charge on any atom is 0.0714 e. The molecule has 1 aliphatic rings. The molecule has 306 valence electrons. The molecule has 0 radical (unpaired) electrons. The molecule has 0 aliphatic heterocycles. The van der Waals surface area contributed by atoms with E-state index in [1.165, 1.54) is 109 Å². The second kappa shape index (κ2) is 14.2. The molecule has 0 amide bonds. The van der Waals surface area contributed by atoms with E-state index in [-0.39, 0.29) is 0 Å². The summed E-state index contributed by atoms with van der Waals surface area (Å²) in [5.74, 6) is 0. The van der Waals surface area contributed by atoms with Crippen LogP contribution in [0.1, 0.15) is 22.3 Å². The molecule has 66 heavy (non-hydrogen) atoms. The predicted octanol–water partition coefficient (Wildman–Crippen LogP) is 17.5. The Morgan fingerprint density at radius 2 is 0.758 bits per heavy atom. The van der Waals surface area contributed by atoms with Gasteiger partial charge in [-0.05, 0) is 134 Å². The minimum Gasteiger partial charge on any atom is -0.310 e. The van der Waals surface area contributed by atoms with Crippen LogP contribution in [0.15, 0.2) is 249 Å². The normalized spacial score (nSPS) is 13.0. The number of hydrogen-bond acceptors (Lipinski definition) is 1. The van der Waals surface area contributed by atoms with Gasteiger partial charge in [0, 0.05) is 16.9 Å². The zero-order valence-corrected chi connectivity index (χ0v) is 36.1. The molecule has 0 heterocycles. The van der Waals surface area contributed by atoms with Gasteiger partial charge in [-0.15, -0.1) is 0 Å². The Bertz CT molecular complexity index is 3990. The number of nitrogens with zero attached hydrogens (tertiary/aromatic N) is 1. The third kappa shape index (κ3) is 5.17. The van der Waals surface area contributed by atoms with E-state index < -0.39 is 5.41 Å². The molecule has 0 N–H and O–H groups in total. The van der Waals surface area contributed by atoms with Crippen molar-refractivity contribution in [3.63, 3.8) is 0 Å². The van der Waals surface area contributed by atoms with Gasteiger partial charge in [-0.2, -0.15) is 0 Å². The first kappa shape index (κ1) is 36.9. The summed E-state index contributed by atoms with van der Waals surface area (Å²) in [6.07, 6.45) is 0. The molecule has 0 bridgehead atoms. The van der Waals surface area contributed by atoms with Crippen LogP contribution in [0.5, 0.6) is 0 Å². The molecular weight excluding hydrogens is 795 g/mol. The van der Waals surface area contributed by atoms with Gasteiger partial charge < -0.3 is 4.90 Å². The van der Waals surface area contributed by atoms with Gasteiger partial charge in [0.25, 0.3) is 0 Å². The summed E-state index contributed by atoms with van der Waals surface area (Å²) >= 11 is 0. The van der Waals surface area contributed by atoms with Gasteiger partial charge >= 0.3 is 0 Å². The predicted molar refractivity (Wildman–Crippen MR) is 280 cm³/mol. The van der Waals surface area contributed by atoms with E-state index in [0.717, 1.165) is 17.1 Å². The van der Waals surface area contributed by atoms with Crippen LogP contribution in [-0.2, 0) is 5.41 Å². The fourth-order valence-corrected chi connectivity index (χ4v) is 11.9. The van der Waals surface area contributed by atoms with Crippen LogP contribution in [0, 0.1) is 0 Å². The number of fused-ring (bicyclic) bond motifs is 5. The van der Waals surface area contributed by atoms with Gasteiger partial charge in [0.15, 0.2) is 0 Å². The standard InChI is InChI=1S/C65H41N/c1-4-17-42(18-5-1)51-26-11-13-32-60(51)66(49-37-38-53-52-27-10-12-31-58(52)65(59(53)41-49,47-22-6-2-7-23-47)48-24-8-3-9-25-48)50-39-46-36-35-45-20-15-29-55-54-28-14-19-43-33-34-44-21-16-30-56(63(44)61(43)54)57(40-50)64(46)62(45)55/h1-41H. The highest BCUT2D eigenvalue weighted by molar-refractivity contribution is 6.37. The molecule has 0 unspecified atom stereocenters. The number of rotatable bonds is 6. The van der Waals surface area contributed by atoms with Gasteiger partial charge in [-0.1, -0.05) is 218 Å². The lowest BCUT2D eigenvalue weighted by Gasteiger charge is -2.35. The molecule has 0 atom stereocenters. The molecule has 0 aromatic heterocycles. The molecule has 0 fully saturated rings. The van der Waals surface area contributed by atoms with E-state index in [0.29, 0.717) is 0 Å². The Labute approximate surface area is 383 Å². The molecule has 14 rings (SSSR count). The smallest absolute Gasteiger partial charge is 0.0714 e. The molecule has 1 aliphatic carbocycles. The lowest BCUT2D eigenvalue weighted by molar-refractivity contribution is 0.768. The molecule has 13 aromatic rings. The summed E-state index contributed by atoms with van der Waals surface area (Å²) in [5.41, 5.74) is 12.8. The third-order valence-electron chi connectivity index (χ3n) is 14.6. The molecular formula is C65H41N. The molecule has 1 nitrogen and oxygen atoms in total. The Hall–Kier alpha value is -8.52. The van der Waals surface area contributed by atoms with Crippen LogP contribution in [0.25, 0.3) is 86.9 Å². The number of hydrogen-bond donors (Lipinski definition) is 0. The van der Waals surface area contributed by atoms with Gasteiger partial charge in [0.05, 0.1) is 11.1 Å². The molecule has 0 saturated carbocycles. The monoisotopic (exact) mass is 835 g/mol. The van der Waals surface area contributed by atoms with Crippen LogP contribution < -0.4 is 4.90 Å². The van der Waals surface area contributed by atoms with Crippen molar-refractivity contribution in [3.8, 4) is 22.3 Å². The van der Waals surface area contributed by atoms with Gasteiger partial charge in [-0.3, -0.25) is 0 Å². The highest BCUT2D eigenvalue weighted by Crippen LogP contribution is 2.58. The number of anilines is 3. The van der Waals surface area contributed by atoms with E-state index >= 15 is 0 Å². The lowest BCUT2D eigenvalue weighted by atomic mass is 9.67. The van der Waals surface area contributed by atoms with Crippen molar-refractivity contribution in [1.29, 1.82) is 0 Å². The van der Waals surface area contributed by atoms with Gasteiger partial charge in [-0.25, -0.2) is 0 Å². The van der Waals surface area contributed by atoms with Crippen molar-refractivity contribution in [1.82, 2.24) is 0 Å². The topological polar surface area (TPSA) is 3.24 Å². The third-order valence-corrected chi connectivity index (χ3v) is 14.6. The second-order valence-corrected chi connectivity index (χ2v) is 17.9. The Kier molecular flexibility index (Phi) is 7.97. The van der Waals surface area contributed by atoms with E-state index in [2.05, 4.69) is 254 Å². The van der Waals surface area contributed by atoms with Crippen LogP contribution in [0.2, 0.25) is 0 Å². The number of para-hydroxylation sites is 1. The minimum atomic E-state index is -0.544. The van der Waals surface area contributed by atoms with Crippen molar-refractivity contribution in [2.45, 2.75) is 5.41 Å². The summed E-state index contributed by atoms with van der Waals surface area (Å²) in [6, 6.07) is 93.0. The summed E-state index contributed by atoms with van der Waals surface area (Å²) in [5, 5.41) is 15.2. The van der Waals surface area contributed by atoms with Crippen molar-refractivity contribution in [3.05, 3.63) is 271 Å². The van der Waals surface area contributed by atoms with Crippen LogP contribution in [-0.4, -0.2) is 0 Å². The SMILES string of the molecule is c1ccc(-c2ccccc2N(c2ccc3c(c2)C(c2ccccc2)(c2ccccc2)c2ccccc2-3)c2cc3ccc4cccc5c6cccc7ccc8cccc(c(c2)c3c45)c8c76)cc1. The van der Waals surface area contributed by atoms with Crippen molar-refractivity contribution in [2.24, 2.45) is 0 Å². The maximum absolute atomic E-state index is 2.53. The van der Waals surface area contributed by atoms with Gasteiger partial charge in [0.1, 0.15) is 0 Å². The summed E-state index contributed by atoms with van der Waals surface area (Å²) in [7, 11) is 0. The van der Waals surface area contributed by atoms with Crippen molar-refractivity contribution >= 4 is 81.7 Å². The summed E-state index contributed by atoms with van der Waals surface area (Å²) in [4.78, 5) is 2.53. The van der Waals surface area contributed by atoms with Crippen LogP contribution in [0.3, 0.4) is 0 Å². The molecule has 1 heteroatoms. The lowest BCUT2D eigenvalue weighted by Crippen LogP contribution is -2.28. The maximum atomic E-state index is 2.53. The average Bonchev–Trinajstić information content (AvgIpc) is 3.68. The largest absolute Gasteiger partial charge is 0.310 e. The second-order valence-electron chi connectivity index (χ2n) is 17.9. The first-order valence-corrected chi connectivity index (χ1v) is 23.0. The fraction of sp³-hybridized carbons (Fsp3) is 0.0154. The Morgan fingerprint density at radius 3 is 1.38 bits per heavy atom. The Morgan fingerprint density at radius 1 is 0.273 bits per heavy atom. The highest BCUT2D eigenvalue weighted by Gasteiger charge is 2.46. The number of benzene rings is 12. The zero-order valence-electron chi connectivity index (χ0n) is 36.1. The first-order chi connectivity index (χ1) is 32.8. The fourth-order valence-electron chi connectivity index (χ4n) is 11.9. The minimum absolute atomic E-state index is 0.544. The van der Waals surface area contributed by atoms with E-state index in [1.54, 1.807) is 0 Å². The van der Waals surface area contributed by atoms with Crippen LogP contribution in [0.4, 0.5) is 17.1 Å². The average molecular weight is 836 g/mol. The van der Waals surface area contributed by atoms with Crippen LogP contribution >= 0.6 is 0 Å². The van der Waals surface area contributed by atoms with Crippen molar-refractivity contribution < 1.29 is 0 Å². The van der Waals surface area contributed by atoms with E-state index in [4.69, 9.17) is 0 Å². The van der Waals surface area contributed by atoms with Crippen molar-refractivity contribution in [2.75, 3.05) is 4.90 Å². The summed E-state index contributed by atoms with van der Waals surface area (Å²) in [6.45, 7) is 0. The molecule has 0 saturated heterocycles. The highest BCUT2D eigenvalue weighted by atomic mass is 15.1. The quantitative estimate of drug-likeness (QED) is 0.151. The Balaban J connectivity index is 1.13. The molecule has 13 aromatic carbocycles. The zero-order chi connectivity index (χ0) is 43.3. The first-order valence-electron chi connectivity index (χ1n) is 23.0. The summed E-state index contributed by atoms with van der Waals surface area (Å²) < 4.78 is 0. The van der Waals surface area contributed by atoms with E-state index in [1.807, 2.05) is 0 Å². The van der Waals surface area contributed by atoms with Gasteiger partial charge in [0.2, 0.25) is 0 Å². The molecule has 0 spiro atoms. The van der Waals surface area contributed by atoms with E-state index in [9.17, 15) is 0 Å².